The van der Waals surface area contributed by atoms with Crippen LogP contribution in [0.5, 0.6) is 0 Å². The lowest BCUT2D eigenvalue weighted by Gasteiger charge is -2.24. The zero-order chi connectivity index (χ0) is 5.40. The monoisotopic (exact) mass is 110 g/mol. The van der Waals surface area contributed by atoms with Crippen LogP contribution in [0.3, 0.4) is 0 Å². The fourth-order valence-corrected chi connectivity index (χ4v) is 1.06. The first-order valence-electron chi connectivity index (χ1n) is 3.65. The minimum absolute atomic E-state index is 0.794. The van der Waals surface area contributed by atoms with E-state index in [9.17, 15) is 0 Å². The van der Waals surface area contributed by atoms with Crippen molar-refractivity contribution in [1.29, 1.82) is 0 Å². The summed E-state index contributed by atoms with van der Waals surface area (Å²) < 4.78 is 0. The van der Waals surface area contributed by atoms with E-state index in [1.807, 2.05) is 0 Å². The van der Waals surface area contributed by atoms with Gasteiger partial charge in [-0.3, -0.25) is 0 Å². The maximum atomic E-state index is 4.59. The zero-order valence-electron chi connectivity index (χ0n) is 5.14. The molecule has 45 valence electrons. The van der Waals surface area contributed by atoms with Crippen LogP contribution in [-0.2, 0) is 0 Å². The molecule has 0 N–H and O–H groups in total. The second-order valence-electron chi connectivity index (χ2n) is 2.96. The van der Waals surface area contributed by atoms with Crippen LogP contribution in [0.1, 0.15) is 32.1 Å². The van der Waals surface area contributed by atoms with Gasteiger partial charge in [0.25, 0.3) is 0 Å². The Hall–Kier alpha value is -0.0400. The van der Waals surface area contributed by atoms with Crippen molar-refractivity contribution >= 4 is 0 Å². The first-order valence-corrected chi connectivity index (χ1v) is 3.65. The van der Waals surface area contributed by atoms with E-state index in [1.54, 1.807) is 0 Å². The van der Waals surface area contributed by atoms with Crippen molar-refractivity contribution < 1.29 is 0 Å². The second-order valence-corrected chi connectivity index (χ2v) is 2.96. The molecule has 2 rings (SSSR count). The van der Waals surface area contributed by atoms with E-state index in [2.05, 4.69) is 5.32 Å². The molecule has 1 heteroatoms. The Morgan fingerprint density at radius 1 is 0.875 bits per heavy atom. The lowest BCUT2D eigenvalue weighted by molar-refractivity contribution is 0.331. The Bertz CT molecular complexity index is 82.4. The standard InChI is InChI=1S/C7H12N/c1-2-6(3-1)8-7-4-5-7/h6-7H,1-5H2. The zero-order valence-corrected chi connectivity index (χ0v) is 5.14. The van der Waals surface area contributed by atoms with Crippen LogP contribution in [0, 0.1) is 0 Å². The van der Waals surface area contributed by atoms with Crippen LogP contribution in [0.2, 0.25) is 0 Å². The molecule has 2 aliphatic rings. The SMILES string of the molecule is C1CC([N]C2CC2)C1. The average Bonchev–Trinajstić information content (AvgIpc) is 2.36. The maximum Gasteiger partial charge on any atom is 0.0250 e. The van der Waals surface area contributed by atoms with Crippen LogP contribution < -0.4 is 5.32 Å². The molecule has 1 nitrogen and oxygen atoms in total. The minimum Gasteiger partial charge on any atom is -0.235 e. The molecule has 2 fully saturated rings. The van der Waals surface area contributed by atoms with Crippen molar-refractivity contribution in [1.82, 2.24) is 5.32 Å². The van der Waals surface area contributed by atoms with E-state index in [1.165, 1.54) is 32.1 Å². The minimum atomic E-state index is 0.794. The largest absolute Gasteiger partial charge is 0.235 e. The summed E-state index contributed by atoms with van der Waals surface area (Å²) in [6.07, 6.45) is 6.97. The molecule has 0 saturated heterocycles. The highest BCUT2D eigenvalue weighted by molar-refractivity contribution is 4.87. The third-order valence-electron chi connectivity index (χ3n) is 2.04. The van der Waals surface area contributed by atoms with Gasteiger partial charge >= 0.3 is 0 Å². The molecule has 0 bridgehead atoms. The van der Waals surface area contributed by atoms with Crippen LogP contribution >= 0.6 is 0 Å². The highest BCUT2D eigenvalue weighted by Gasteiger charge is 2.28. The van der Waals surface area contributed by atoms with Crippen LogP contribution in [0.4, 0.5) is 0 Å². The molecular weight excluding hydrogens is 98.1 g/mol. The summed E-state index contributed by atoms with van der Waals surface area (Å²) in [6, 6.07) is 1.60. The summed E-state index contributed by atoms with van der Waals surface area (Å²) in [4.78, 5) is 0. The van der Waals surface area contributed by atoms with Gasteiger partial charge < -0.3 is 0 Å². The Balaban J connectivity index is 1.66. The summed E-state index contributed by atoms with van der Waals surface area (Å²) in [6.45, 7) is 0. The van der Waals surface area contributed by atoms with Gasteiger partial charge in [-0.1, -0.05) is 6.42 Å². The Morgan fingerprint density at radius 2 is 1.50 bits per heavy atom. The van der Waals surface area contributed by atoms with E-state index in [-0.39, 0.29) is 0 Å². The highest BCUT2D eigenvalue weighted by atomic mass is 15.0. The second kappa shape index (κ2) is 1.73. The van der Waals surface area contributed by atoms with Crippen molar-refractivity contribution in [2.45, 2.75) is 44.2 Å². The van der Waals surface area contributed by atoms with Crippen molar-refractivity contribution in [3.8, 4) is 0 Å². The van der Waals surface area contributed by atoms with Gasteiger partial charge in [0.2, 0.25) is 0 Å². The average molecular weight is 110 g/mol. The third-order valence-corrected chi connectivity index (χ3v) is 2.04. The molecule has 2 aliphatic carbocycles. The first-order chi connectivity index (χ1) is 3.95. The van der Waals surface area contributed by atoms with E-state index in [0.29, 0.717) is 0 Å². The molecule has 0 aromatic rings. The topological polar surface area (TPSA) is 14.1 Å². The fourth-order valence-electron chi connectivity index (χ4n) is 1.06. The number of nitrogens with zero attached hydrogens (tertiary/aromatic N) is 1. The molecule has 0 aliphatic heterocycles. The van der Waals surface area contributed by atoms with Gasteiger partial charge in [-0.05, 0) is 25.7 Å². The van der Waals surface area contributed by atoms with Gasteiger partial charge in [-0.2, -0.15) is 0 Å². The summed E-state index contributed by atoms with van der Waals surface area (Å²) in [5.74, 6) is 0. The lowest BCUT2D eigenvalue weighted by Crippen LogP contribution is -2.30. The predicted molar refractivity (Wildman–Crippen MR) is 32.8 cm³/mol. The molecule has 0 aromatic carbocycles. The number of hydrogen-bond acceptors (Lipinski definition) is 0. The highest BCUT2D eigenvalue weighted by Crippen LogP contribution is 2.27. The van der Waals surface area contributed by atoms with Crippen LogP contribution in [0.25, 0.3) is 0 Å². The van der Waals surface area contributed by atoms with Gasteiger partial charge in [0.05, 0.1) is 0 Å². The van der Waals surface area contributed by atoms with Gasteiger partial charge in [0.1, 0.15) is 0 Å². The van der Waals surface area contributed by atoms with Gasteiger partial charge in [-0.25, -0.2) is 5.32 Å². The van der Waals surface area contributed by atoms with Crippen molar-refractivity contribution in [3.05, 3.63) is 0 Å². The van der Waals surface area contributed by atoms with Crippen LogP contribution in [-0.4, -0.2) is 12.1 Å². The van der Waals surface area contributed by atoms with Crippen molar-refractivity contribution in [3.63, 3.8) is 0 Å². The summed E-state index contributed by atoms with van der Waals surface area (Å²) in [5.41, 5.74) is 0. The van der Waals surface area contributed by atoms with Crippen molar-refractivity contribution in [2.75, 3.05) is 0 Å². The maximum absolute atomic E-state index is 4.59. The van der Waals surface area contributed by atoms with Gasteiger partial charge in [-0.15, -0.1) is 0 Å². The summed E-state index contributed by atoms with van der Waals surface area (Å²) in [5, 5.41) is 4.59. The van der Waals surface area contributed by atoms with E-state index in [4.69, 9.17) is 0 Å². The fraction of sp³-hybridized carbons (Fsp3) is 1.00. The molecular formula is C7H12N. The quantitative estimate of drug-likeness (QED) is 0.509. The molecule has 0 unspecified atom stereocenters. The van der Waals surface area contributed by atoms with Gasteiger partial charge in [0.15, 0.2) is 0 Å². The number of hydrogen-bond donors (Lipinski definition) is 0. The molecule has 0 atom stereocenters. The Labute approximate surface area is 50.5 Å². The first kappa shape index (κ1) is 4.80. The Morgan fingerprint density at radius 3 is 1.88 bits per heavy atom. The van der Waals surface area contributed by atoms with Gasteiger partial charge in [0, 0.05) is 12.1 Å². The van der Waals surface area contributed by atoms with E-state index < -0.39 is 0 Å². The molecule has 2 saturated carbocycles. The summed E-state index contributed by atoms with van der Waals surface area (Å²) in [7, 11) is 0. The molecule has 8 heavy (non-hydrogen) atoms. The Kier molecular flexibility index (Phi) is 1.04. The predicted octanol–water partition coefficient (Wildman–Crippen LogP) is 1.31. The molecule has 1 radical (unpaired) electrons. The molecule has 0 aromatic heterocycles. The summed E-state index contributed by atoms with van der Waals surface area (Å²) >= 11 is 0. The van der Waals surface area contributed by atoms with Crippen molar-refractivity contribution in [2.24, 2.45) is 0 Å². The van der Waals surface area contributed by atoms with E-state index in [0.717, 1.165) is 12.1 Å². The number of rotatable bonds is 2. The third kappa shape index (κ3) is 0.873. The van der Waals surface area contributed by atoms with Crippen LogP contribution in [0.15, 0.2) is 0 Å². The smallest absolute Gasteiger partial charge is 0.0250 e. The molecule has 0 heterocycles. The normalized spacial score (nSPS) is 30.0. The molecule has 0 spiro atoms. The lowest BCUT2D eigenvalue weighted by atomic mass is 9.93. The molecule has 0 amide bonds. The van der Waals surface area contributed by atoms with E-state index >= 15 is 0 Å².